The van der Waals surface area contributed by atoms with Gasteiger partial charge in [-0.05, 0) is 11.5 Å². The summed E-state index contributed by atoms with van der Waals surface area (Å²) in [6.45, 7) is 1.31. The number of nitrogens with one attached hydrogen (secondary N) is 1. The highest BCUT2D eigenvalue weighted by Crippen LogP contribution is 2.32. The van der Waals surface area contributed by atoms with Gasteiger partial charge in [0.25, 0.3) is 9.05 Å². The van der Waals surface area contributed by atoms with Gasteiger partial charge in [-0.25, -0.2) is 8.42 Å². The van der Waals surface area contributed by atoms with Gasteiger partial charge in [-0.3, -0.25) is 4.79 Å². The Labute approximate surface area is 109 Å². The molecule has 6 heteroatoms. The van der Waals surface area contributed by atoms with Crippen LogP contribution < -0.4 is 5.32 Å². The van der Waals surface area contributed by atoms with Crippen molar-refractivity contribution < 1.29 is 13.2 Å². The Morgan fingerprint density at radius 1 is 1.17 bits per heavy atom. The van der Waals surface area contributed by atoms with Crippen LogP contribution in [0.15, 0.2) is 41.3 Å². The lowest BCUT2D eigenvalue weighted by atomic mass is 10.1. The topological polar surface area (TPSA) is 63.2 Å². The fourth-order valence-electron chi connectivity index (χ4n) is 1.76. The van der Waals surface area contributed by atoms with Gasteiger partial charge in [0.1, 0.15) is 4.90 Å². The fourth-order valence-corrected chi connectivity index (χ4v) is 2.78. The Morgan fingerprint density at radius 3 is 2.44 bits per heavy atom. The molecule has 0 saturated heterocycles. The fraction of sp³-hybridized carbons (Fsp3) is 0.0833. The third-order valence-corrected chi connectivity index (χ3v) is 3.82. The lowest BCUT2D eigenvalue weighted by molar-refractivity contribution is -0.114. The normalized spacial score (nSPS) is 11.4. The lowest BCUT2D eigenvalue weighted by Crippen LogP contribution is -2.09. The molecule has 0 bridgehead atoms. The molecule has 0 radical (unpaired) electrons. The van der Waals surface area contributed by atoms with E-state index in [0.717, 1.165) is 5.39 Å². The van der Waals surface area contributed by atoms with Crippen molar-refractivity contribution in [1.82, 2.24) is 0 Å². The maximum absolute atomic E-state index is 11.5. The average molecular weight is 284 g/mol. The Bertz CT molecular complexity index is 725. The van der Waals surface area contributed by atoms with E-state index in [1.54, 1.807) is 18.2 Å². The van der Waals surface area contributed by atoms with Gasteiger partial charge in [-0.1, -0.05) is 30.3 Å². The van der Waals surface area contributed by atoms with Crippen molar-refractivity contribution in [3.8, 4) is 0 Å². The molecule has 0 aromatic heterocycles. The molecule has 2 aromatic carbocycles. The summed E-state index contributed by atoms with van der Waals surface area (Å²) in [6.07, 6.45) is 0. The summed E-state index contributed by atoms with van der Waals surface area (Å²) in [5.74, 6) is -0.354. The van der Waals surface area contributed by atoms with Crippen molar-refractivity contribution in [1.29, 1.82) is 0 Å². The van der Waals surface area contributed by atoms with Gasteiger partial charge in [0.2, 0.25) is 5.91 Å². The highest BCUT2D eigenvalue weighted by Gasteiger charge is 2.18. The summed E-state index contributed by atoms with van der Waals surface area (Å²) < 4.78 is 23.0. The van der Waals surface area contributed by atoms with Gasteiger partial charge >= 0.3 is 0 Å². The molecule has 2 rings (SSSR count). The monoisotopic (exact) mass is 283 g/mol. The van der Waals surface area contributed by atoms with Gasteiger partial charge in [-0.2, -0.15) is 0 Å². The van der Waals surface area contributed by atoms with E-state index in [9.17, 15) is 13.2 Å². The quantitative estimate of drug-likeness (QED) is 0.862. The van der Waals surface area contributed by atoms with Crippen LogP contribution in [0.25, 0.3) is 10.8 Å². The molecule has 0 atom stereocenters. The van der Waals surface area contributed by atoms with Gasteiger partial charge in [-0.15, -0.1) is 0 Å². The SMILES string of the molecule is CC(=O)Nc1c(S(=O)(=O)Cl)ccc2ccccc12. The van der Waals surface area contributed by atoms with E-state index in [1.807, 2.05) is 12.1 Å². The molecule has 94 valence electrons. The largest absolute Gasteiger partial charge is 0.325 e. The van der Waals surface area contributed by atoms with Crippen molar-refractivity contribution in [2.45, 2.75) is 11.8 Å². The minimum atomic E-state index is -3.91. The number of hydrogen-bond acceptors (Lipinski definition) is 3. The van der Waals surface area contributed by atoms with Crippen molar-refractivity contribution in [3.05, 3.63) is 36.4 Å². The number of carbonyl (C=O) groups is 1. The number of rotatable bonds is 2. The summed E-state index contributed by atoms with van der Waals surface area (Å²) in [5.41, 5.74) is 0.218. The Hall–Kier alpha value is -1.59. The van der Waals surface area contributed by atoms with E-state index >= 15 is 0 Å². The highest BCUT2D eigenvalue weighted by molar-refractivity contribution is 8.13. The number of carbonyl (C=O) groups excluding carboxylic acids is 1. The molecule has 0 spiro atoms. The molecule has 0 aliphatic heterocycles. The Morgan fingerprint density at radius 2 is 1.83 bits per heavy atom. The molecule has 2 aromatic rings. The first-order valence-electron chi connectivity index (χ1n) is 5.13. The average Bonchev–Trinajstić information content (AvgIpc) is 2.27. The zero-order chi connectivity index (χ0) is 13.3. The number of halogens is 1. The summed E-state index contributed by atoms with van der Waals surface area (Å²) >= 11 is 0. The van der Waals surface area contributed by atoms with Crippen LogP contribution in [0.4, 0.5) is 5.69 Å². The van der Waals surface area contributed by atoms with Crippen LogP contribution in [-0.4, -0.2) is 14.3 Å². The molecule has 0 saturated carbocycles. The van der Waals surface area contributed by atoms with E-state index in [2.05, 4.69) is 5.32 Å². The minimum Gasteiger partial charge on any atom is -0.325 e. The van der Waals surface area contributed by atoms with E-state index in [4.69, 9.17) is 10.7 Å². The van der Waals surface area contributed by atoms with E-state index < -0.39 is 9.05 Å². The second-order valence-corrected chi connectivity index (χ2v) is 6.31. The van der Waals surface area contributed by atoms with E-state index in [-0.39, 0.29) is 16.5 Å². The van der Waals surface area contributed by atoms with Crippen LogP contribution >= 0.6 is 10.7 Å². The van der Waals surface area contributed by atoms with Gasteiger partial charge in [0.05, 0.1) is 5.69 Å². The predicted octanol–water partition coefficient (Wildman–Crippen LogP) is 2.73. The van der Waals surface area contributed by atoms with Crippen molar-refractivity contribution in [2.75, 3.05) is 5.32 Å². The summed E-state index contributed by atoms with van der Waals surface area (Å²) in [4.78, 5) is 11.1. The molecule has 0 aliphatic carbocycles. The summed E-state index contributed by atoms with van der Waals surface area (Å²) in [6, 6.07) is 10.2. The molecule has 0 unspecified atom stereocenters. The first-order valence-corrected chi connectivity index (χ1v) is 7.44. The number of benzene rings is 2. The highest BCUT2D eigenvalue weighted by atomic mass is 35.7. The number of anilines is 1. The van der Waals surface area contributed by atoms with Gasteiger partial charge in [0, 0.05) is 23.0 Å². The molecular weight excluding hydrogens is 274 g/mol. The van der Waals surface area contributed by atoms with Crippen LogP contribution in [0.3, 0.4) is 0 Å². The number of hydrogen-bond donors (Lipinski definition) is 1. The Kier molecular flexibility index (Phi) is 3.28. The minimum absolute atomic E-state index is 0.0990. The Balaban J connectivity index is 2.83. The maximum atomic E-state index is 11.5. The zero-order valence-electron chi connectivity index (χ0n) is 9.48. The van der Waals surface area contributed by atoms with E-state index in [1.165, 1.54) is 13.0 Å². The van der Waals surface area contributed by atoms with Crippen molar-refractivity contribution in [3.63, 3.8) is 0 Å². The molecular formula is C12H10ClNO3S. The molecule has 1 amide bonds. The second-order valence-electron chi connectivity index (χ2n) is 3.78. The van der Waals surface area contributed by atoms with Gasteiger partial charge in [0.15, 0.2) is 0 Å². The zero-order valence-corrected chi connectivity index (χ0v) is 11.0. The maximum Gasteiger partial charge on any atom is 0.263 e. The number of fused-ring (bicyclic) bond motifs is 1. The smallest absolute Gasteiger partial charge is 0.263 e. The third kappa shape index (κ3) is 2.47. The van der Waals surface area contributed by atoms with Crippen LogP contribution in [0.5, 0.6) is 0 Å². The van der Waals surface area contributed by atoms with E-state index in [0.29, 0.717) is 5.39 Å². The van der Waals surface area contributed by atoms with Crippen LogP contribution in [0.1, 0.15) is 6.92 Å². The molecule has 4 nitrogen and oxygen atoms in total. The van der Waals surface area contributed by atoms with Gasteiger partial charge < -0.3 is 5.32 Å². The first kappa shape index (κ1) is 12.9. The molecule has 1 N–H and O–H groups in total. The van der Waals surface area contributed by atoms with Crippen molar-refractivity contribution in [2.24, 2.45) is 0 Å². The second kappa shape index (κ2) is 4.59. The summed E-state index contributed by atoms with van der Waals surface area (Å²) in [7, 11) is 1.46. The van der Waals surface area contributed by atoms with Crippen LogP contribution in [-0.2, 0) is 13.8 Å². The molecule has 0 aliphatic rings. The molecule has 0 heterocycles. The third-order valence-electron chi connectivity index (χ3n) is 2.45. The van der Waals surface area contributed by atoms with Crippen LogP contribution in [0, 0.1) is 0 Å². The predicted molar refractivity (Wildman–Crippen MR) is 71.3 cm³/mol. The number of amides is 1. The molecule has 18 heavy (non-hydrogen) atoms. The summed E-state index contributed by atoms with van der Waals surface area (Å²) in [5, 5.41) is 3.98. The first-order chi connectivity index (χ1) is 8.39. The molecule has 0 fully saturated rings. The lowest BCUT2D eigenvalue weighted by Gasteiger charge is -2.11. The standard InChI is InChI=1S/C12H10ClNO3S/c1-8(15)14-12-10-5-3-2-4-9(10)6-7-11(12)18(13,16)17/h2-7H,1H3,(H,14,15). The van der Waals surface area contributed by atoms with Crippen LogP contribution in [0.2, 0.25) is 0 Å². The van der Waals surface area contributed by atoms with Crippen molar-refractivity contribution >= 4 is 42.1 Å².